The Balaban J connectivity index is 2.50. The van der Waals surface area contributed by atoms with Crippen LogP contribution >= 0.6 is 0 Å². The van der Waals surface area contributed by atoms with E-state index in [1.165, 1.54) is 0 Å². The number of rotatable bonds is 3. The van der Waals surface area contributed by atoms with Gasteiger partial charge in [0, 0.05) is 12.8 Å². The Kier molecular flexibility index (Phi) is 3.48. The van der Waals surface area contributed by atoms with Crippen molar-refractivity contribution in [2.75, 3.05) is 6.54 Å². The predicted octanol–water partition coefficient (Wildman–Crippen LogP) is 2.12. The summed E-state index contributed by atoms with van der Waals surface area (Å²) in [7, 11) is 0. The minimum atomic E-state index is 0.350. The maximum absolute atomic E-state index is 11.3. The summed E-state index contributed by atoms with van der Waals surface area (Å²) in [5.41, 5.74) is 5.83. The molecule has 13 heavy (non-hydrogen) atoms. The van der Waals surface area contributed by atoms with Crippen LogP contribution in [-0.2, 0) is 4.79 Å². The van der Waals surface area contributed by atoms with Crippen LogP contribution in [0.2, 0.25) is 0 Å². The van der Waals surface area contributed by atoms with Gasteiger partial charge in [0.2, 0.25) is 0 Å². The number of carbonyl (C=O) groups is 1. The van der Waals surface area contributed by atoms with Gasteiger partial charge in [-0.1, -0.05) is 13.8 Å². The fourth-order valence-electron chi connectivity index (χ4n) is 2.18. The largest absolute Gasteiger partial charge is 0.330 e. The molecule has 2 heteroatoms. The maximum Gasteiger partial charge on any atom is 0.133 e. The zero-order valence-corrected chi connectivity index (χ0v) is 8.81. The van der Waals surface area contributed by atoms with Crippen molar-refractivity contribution in [1.29, 1.82) is 0 Å². The van der Waals surface area contributed by atoms with E-state index in [0.29, 0.717) is 17.1 Å². The van der Waals surface area contributed by atoms with Crippen LogP contribution in [0, 0.1) is 11.3 Å². The van der Waals surface area contributed by atoms with Crippen molar-refractivity contribution >= 4 is 5.78 Å². The van der Waals surface area contributed by atoms with E-state index in [4.69, 9.17) is 5.73 Å². The van der Waals surface area contributed by atoms with Gasteiger partial charge >= 0.3 is 0 Å². The molecule has 0 aromatic heterocycles. The lowest BCUT2D eigenvalue weighted by atomic mass is 9.67. The summed E-state index contributed by atoms with van der Waals surface area (Å²) in [6.07, 6.45) is 4.80. The lowest BCUT2D eigenvalue weighted by molar-refractivity contribution is -0.124. The zero-order chi connectivity index (χ0) is 9.90. The molecule has 76 valence electrons. The third-order valence-electron chi connectivity index (χ3n) is 3.38. The summed E-state index contributed by atoms with van der Waals surface area (Å²) in [6.45, 7) is 5.31. The second-order valence-electron chi connectivity index (χ2n) is 4.86. The number of nitrogens with two attached hydrogens (primary N) is 1. The molecule has 1 rings (SSSR count). The van der Waals surface area contributed by atoms with E-state index in [1.54, 1.807) is 0 Å². The van der Waals surface area contributed by atoms with Crippen LogP contribution in [0.5, 0.6) is 0 Å². The van der Waals surface area contributed by atoms with Gasteiger partial charge < -0.3 is 5.73 Å². The van der Waals surface area contributed by atoms with E-state index < -0.39 is 0 Å². The fourth-order valence-corrected chi connectivity index (χ4v) is 2.18. The van der Waals surface area contributed by atoms with Gasteiger partial charge in [-0.25, -0.2) is 0 Å². The number of Topliss-reactive ketones (excluding diaryl/α,β-unsaturated/α-hetero) is 1. The fraction of sp³-hybridized carbons (Fsp3) is 0.909. The highest BCUT2D eigenvalue weighted by Crippen LogP contribution is 2.41. The lowest BCUT2D eigenvalue weighted by Crippen LogP contribution is -2.32. The van der Waals surface area contributed by atoms with Gasteiger partial charge in [-0.15, -0.1) is 0 Å². The highest BCUT2D eigenvalue weighted by molar-refractivity contribution is 5.79. The van der Waals surface area contributed by atoms with Gasteiger partial charge in [-0.2, -0.15) is 0 Å². The lowest BCUT2D eigenvalue weighted by Gasteiger charge is -2.38. The van der Waals surface area contributed by atoms with E-state index >= 15 is 0 Å². The molecule has 2 N–H and O–H groups in total. The number of hydrogen-bond acceptors (Lipinski definition) is 2. The third-order valence-corrected chi connectivity index (χ3v) is 3.38. The van der Waals surface area contributed by atoms with Crippen LogP contribution in [0.3, 0.4) is 0 Å². The van der Waals surface area contributed by atoms with Crippen molar-refractivity contribution in [3.63, 3.8) is 0 Å². The minimum Gasteiger partial charge on any atom is -0.330 e. The smallest absolute Gasteiger partial charge is 0.133 e. The topological polar surface area (TPSA) is 43.1 Å². The molecular formula is C11H21NO. The molecule has 0 spiro atoms. The van der Waals surface area contributed by atoms with Crippen LogP contribution in [0.25, 0.3) is 0 Å². The quantitative estimate of drug-likeness (QED) is 0.728. The Hall–Kier alpha value is -0.370. The summed E-state index contributed by atoms with van der Waals surface area (Å²) in [5.74, 6) is 1.01. The summed E-state index contributed by atoms with van der Waals surface area (Å²) in [6, 6.07) is 0. The molecule has 0 aromatic carbocycles. The second-order valence-corrected chi connectivity index (χ2v) is 4.86. The van der Waals surface area contributed by atoms with Gasteiger partial charge in [-0.3, -0.25) is 4.79 Å². The van der Waals surface area contributed by atoms with Crippen molar-refractivity contribution in [1.82, 2.24) is 0 Å². The van der Waals surface area contributed by atoms with Crippen molar-refractivity contribution in [2.24, 2.45) is 17.1 Å². The van der Waals surface area contributed by atoms with Crippen LogP contribution in [0.4, 0.5) is 0 Å². The first-order valence-electron chi connectivity index (χ1n) is 5.28. The first kappa shape index (κ1) is 10.7. The molecule has 2 nitrogen and oxygen atoms in total. The first-order chi connectivity index (χ1) is 6.06. The van der Waals surface area contributed by atoms with Crippen LogP contribution in [0.1, 0.15) is 46.0 Å². The summed E-state index contributed by atoms with van der Waals surface area (Å²) in [5, 5.41) is 0. The van der Waals surface area contributed by atoms with Crippen molar-refractivity contribution in [2.45, 2.75) is 46.0 Å². The highest BCUT2D eigenvalue weighted by atomic mass is 16.1. The van der Waals surface area contributed by atoms with Crippen molar-refractivity contribution < 1.29 is 4.79 Å². The average molecular weight is 183 g/mol. The molecule has 1 fully saturated rings. The van der Waals surface area contributed by atoms with Gasteiger partial charge in [0.15, 0.2) is 0 Å². The summed E-state index contributed by atoms with van der Waals surface area (Å²) >= 11 is 0. The molecule has 0 bridgehead atoms. The van der Waals surface area contributed by atoms with E-state index in [2.05, 4.69) is 13.8 Å². The molecule has 0 aliphatic heterocycles. The molecule has 1 saturated carbocycles. The zero-order valence-electron chi connectivity index (χ0n) is 8.81. The number of ketones is 1. The first-order valence-corrected chi connectivity index (χ1v) is 5.28. The van der Waals surface area contributed by atoms with Gasteiger partial charge in [-0.05, 0) is 37.1 Å². The van der Waals surface area contributed by atoms with Gasteiger partial charge in [0.1, 0.15) is 5.78 Å². The Morgan fingerprint density at radius 2 is 2.23 bits per heavy atom. The Morgan fingerprint density at radius 1 is 1.54 bits per heavy atom. The van der Waals surface area contributed by atoms with E-state index in [9.17, 15) is 4.79 Å². The maximum atomic E-state index is 11.3. The summed E-state index contributed by atoms with van der Waals surface area (Å²) in [4.78, 5) is 11.3. The Bertz CT molecular complexity index is 187. The number of carbonyl (C=O) groups excluding carboxylic acids is 1. The standard InChI is InChI=1S/C11H21NO/c1-11(2)6-5-10(13)8-9(11)4-3-7-12/h9H,3-8,12H2,1-2H3. The third kappa shape index (κ3) is 2.80. The second kappa shape index (κ2) is 4.23. The van der Waals surface area contributed by atoms with E-state index in [0.717, 1.165) is 38.6 Å². The molecule has 0 heterocycles. The molecule has 0 aromatic rings. The van der Waals surface area contributed by atoms with Crippen LogP contribution < -0.4 is 5.73 Å². The normalized spacial score (nSPS) is 27.6. The average Bonchev–Trinajstić information content (AvgIpc) is 2.07. The Labute approximate surface area is 80.9 Å². The highest BCUT2D eigenvalue weighted by Gasteiger charge is 2.34. The molecule has 0 amide bonds. The molecule has 1 atom stereocenters. The molecule has 1 aliphatic rings. The van der Waals surface area contributed by atoms with Crippen molar-refractivity contribution in [3.8, 4) is 0 Å². The van der Waals surface area contributed by atoms with E-state index in [-0.39, 0.29) is 0 Å². The van der Waals surface area contributed by atoms with Gasteiger partial charge in [0.05, 0.1) is 0 Å². The predicted molar refractivity (Wildman–Crippen MR) is 54.4 cm³/mol. The molecule has 0 radical (unpaired) electrons. The monoisotopic (exact) mass is 183 g/mol. The molecule has 1 unspecified atom stereocenters. The van der Waals surface area contributed by atoms with Gasteiger partial charge in [0.25, 0.3) is 0 Å². The van der Waals surface area contributed by atoms with E-state index in [1.807, 2.05) is 0 Å². The number of hydrogen-bond donors (Lipinski definition) is 1. The SMILES string of the molecule is CC1(C)CCC(=O)CC1CCCN. The molecule has 0 saturated heterocycles. The molecule has 1 aliphatic carbocycles. The molecular weight excluding hydrogens is 162 g/mol. The Morgan fingerprint density at radius 3 is 2.85 bits per heavy atom. The minimum absolute atomic E-state index is 0.350. The van der Waals surface area contributed by atoms with Crippen LogP contribution in [-0.4, -0.2) is 12.3 Å². The van der Waals surface area contributed by atoms with Crippen LogP contribution in [0.15, 0.2) is 0 Å². The summed E-state index contributed by atoms with van der Waals surface area (Å²) < 4.78 is 0. The van der Waals surface area contributed by atoms with Crippen molar-refractivity contribution in [3.05, 3.63) is 0 Å².